The Morgan fingerprint density at radius 1 is 1.15 bits per heavy atom. The molecule has 0 aromatic heterocycles. The van der Waals surface area contributed by atoms with Crippen LogP contribution in [0.25, 0.3) is 6.08 Å². The van der Waals surface area contributed by atoms with Crippen LogP contribution in [0.5, 0.6) is 5.75 Å². The molecule has 0 radical (unpaired) electrons. The third-order valence-corrected chi connectivity index (χ3v) is 2.72. The van der Waals surface area contributed by atoms with Crippen LogP contribution in [-0.2, 0) is 0 Å². The topological polar surface area (TPSA) is 26.3 Å². The first-order valence-electron chi connectivity index (χ1n) is 5.91. The third kappa shape index (κ3) is 3.29. The van der Waals surface area contributed by atoms with E-state index in [-0.39, 0.29) is 5.56 Å². The molecule has 2 nitrogen and oxygen atoms in total. The van der Waals surface area contributed by atoms with Gasteiger partial charge in [-0.15, -0.1) is 0 Å². The summed E-state index contributed by atoms with van der Waals surface area (Å²) in [5.41, 5.74) is 0.589. The zero-order valence-electron chi connectivity index (χ0n) is 10.8. The predicted molar refractivity (Wildman–Crippen MR) is 72.7 cm³/mol. The van der Waals surface area contributed by atoms with Crippen molar-refractivity contribution in [3.05, 3.63) is 71.3 Å². The molecule has 2 aromatic rings. The Labute approximate surface area is 115 Å². The number of ether oxygens (including phenoxy) is 1. The van der Waals surface area contributed by atoms with Crippen LogP contribution < -0.4 is 4.74 Å². The minimum Gasteiger partial charge on any atom is -0.497 e. The largest absolute Gasteiger partial charge is 0.497 e. The van der Waals surface area contributed by atoms with Gasteiger partial charge in [-0.2, -0.15) is 0 Å². The van der Waals surface area contributed by atoms with Crippen molar-refractivity contribution < 1.29 is 18.3 Å². The molecule has 0 atom stereocenters. The number of halogens is 2. The van der Waals surface area contributed by atoms with Gasteiger partial charge in [0.1, 0.15) is 17.4 Å². The van der Waals surface area contributed by atoms with Gasteiger partial charge >= 0.3 is 0 Å². The highest BCUT2D eigenvalue weighted by atomic mass is 19.1. The molecule has 0 bridgehead atoms. The van der Waals surface area contributed by atoms with Crippen LogP contribution in [-0.4, -0.2) is 12.9 Å². The molecular weight excluding hydrogens is 262 g/mol. The van der Waals surface area contributed by atoms with Crippen molar-refractivity contribution in [2.45, 2.75) is 0 Å². The van der Waals surface area contributed by atoms with E-state index >= 15 is 0 Å². The van der Waals surface area contributed by atoms with E-state index in [0.717, 1.165) is 17.7 Å². The zero-order chi connectivity index (χ0) is 14.5. The second kappa shape index (κ2) is 6.10. The molecule has 0 aliphatic heterocycles. The van der Waals surface area contributed by atoms with Crippen LogP contribution in [0.15, 0.2) is 48.5 Å². The van der Waals surface area contributed by atoms with Crippen LogP contribution in [0.1, 0.15) is 15.9 Å². The Morgan fingerprint density at radius 2 is 1.95 bits per heavy atom. The number of carbonyl (C=O) groups excluding carboxylic acids is 1. The highest BCUT2D eigenvalue weighted by Crippen LogP contribution is 2.15. The van der Waals surface area contributed by atoms with Crippen LogP contribution in [0.2, 0.25) is 0 Å². The molecule has 0 amide bonds. The van der Waals surface area contributed by atoms with Gasteiger partial charge < -0.3 is 4.74 Å². The quantitative estimate of drug-likeness (QED) is 0.625. The van der Waals surface area contributed by atoms with Crippen LogP contribution >= 0.6 is 0 Å². The van der Waals surface area contributed by atoms with Crippen LogP contribution in [0.3, 0.4) is 0 Å². The molecule has 0 saturated heterocycles. The maximum atomic E-state index is 13.4. The highest BCUT2D eigenvalue weighted by Gasteiger charge is 2.09. The predicted octanol–water partition coefficient (Wildman–Crippen LogP) is 3.87. The fourth-order valence-electron chi connectivity index (χ4n) is 1.70. The molecule has 4 heteroatoms. The van der Waals surface area contributed by atoms with Gasteiger partial charge in [-0.05, 0) is 35.9 Å². The van der Waals surface area contributed by atoms with Crippen molar-refractivity contribution in [3.63, 3.8) is 0 Å². The molecule has 20 heavy (non-hydrogen) atoms. The lowest BCUT2D eigenvalue weighted by molar-refractivity contribution is 0.104. The van der Waals surface area contributed by atoms with Gasteiger partial charge in [-0.25, -0.2) is 8.78 Å². The summed E-state index contributed by atoms with van der Waals surface area (Å²) in [7, 11) is 1.54. The Kier molecular flexibility index (Phi) is 4.25. The Balaban J connectivity index is 2.20. The van der Waals surface area contributed by atoms with E-state index in [1.807, 2.05) is 0 Å². The van der Waals surface area contributed by atoms with E-state index in [2.05, 4.69) is 0 Å². The molecule has 0 aliphatic rings. The van der Waals surface area contributed by atoms with Crippen molar-refractivity contribution in [3.8, 4) is 5.75 Å². The molecule has 0 saturated carbocycles. The smallest absolute Gasteiger partial charge is 0.188 e. The number of benzene rings is 2. The van der Waals surface area contributed by atoms with Gasteiger partial charge in [-0.1, -0.05) is 18.2 Å². The molecule has 0 aliphatic carbocycles. The second-order valence-corrected chi connectivity index (χ2v) is 4.10. The Morgan fingerprint density at radius 3 is 2.65 bits per heavy atom. The first-order valence-corrected chi connectivity index (χ1v) is 5.91. The normalized spacial score (nSPS) is 10.8. The summed E-state index contributed by atoms with van der Waals surface area (Å²) < 4.78 is 31.3. The Bertz CT molecular complexity index is 663. The number of methoxy groups -OCH3 is 1. The summed E-state index contributed by atoms with van der Waals surface area (Å²) in [4.78, 5) is 11.8. The van der Waals surface area contributed by atoms with E-state index in [1.165, 1.54) is 6.08 Å². The summed E-state index contributed by atoms with van der Waals surface area (Å²) in [5.74, 6) is -1.45. The number of carbonyl (C=O) groups is 1. The van der Waals surface area contributed by atoms with Gasteiger partial charge in [0.2, 0.25) is 0 Å². The number of hydrogen-bond donors (Lipinski definition) is 0. The Hall–Kier alpha value is -2.49. The molecule has 102 valence electrons. The average Bonchev–Trinajstić information content (AvgIpc) is 2.45. The molecule has 2 aromatic carbocycles. The summed E-state index contributed by atoms with van der Waals surface area (Å²) in [5, 5.41) is 0. The summed E-state index contributed by atoms with van der Waals surface area (Å²) >= 11 is 0. The van der Waals surface area contributed by atoms with E-state index < -0.39 is 17.4 Å². The van der Waals surface area contributed by atoms with Crippen LogP contribution in [0.4, 0.5) is 8.78 Å². The number of rotatable bonds is 4. The lowest BCUT2D eigenvalue weighted by Crippen LogP contribution is -1.99. The fourth-order valence-corrected chi connectivity index (χ4v) is 1.70. The van der Waals surface area contributed by atoms with E-state index in [4.69, 9.17) is 4.74 Å². The first-order chi connectivity index (χ1) is 9.60. The maximum absolute atomic E-state index is 13.4. The molecule has 2 rings (SSSR count). The molecule has 0 N–H and O–H groups in total. The van der Waals surface area contributed by atoms with Gasteiger partial charge in [0.25, 0.3) is 0 Å². The minimum atomic E-state index is -0.870. The van der Waals surface area contributed by atoms with Crippen molar-refractivity contribution in [1.29, 1.82) is 0 Å². The maximum Gasteiger partial charge on any atom is 0.188 e. The lowest BCUT2D eigenvalue weighted by atomic mass is 10.1. The van der Waals surface area contributed by atoms with Crippen molar-refractivity contribution in [2.75, 3.05) is 7.11 Å². The van der Waals surface area contributed by atoms with Gasteiger partial charge in [0.05, 0.1) is 12.7 Å². The molecule has 0 fully saturated rings. The summed E-state index contributed by atoms with van der Waals surface area (Å²) in [6.45, 7) is 0. The summed E-state index contributed by atoms with van der Waals surface area (Å²) in [6.07, 6.45) is 2.79. The second-order valence-electron chi connectivity index (χ2n) is 4.10. The van der Waals surface area contributed by atoms with Crippen LogP contribution in [0, 0.1) is 11.6 Å². The van der Waals surface area contributed by atoms with Crippen molar-refractivity contribution in [2.24, 2.45) is 0 Å². The monoisotopic (exact) mass is 274 g/mol. The van der Waals surface area contributed by atoms with Crippen molar-refractivity contribution in [1.82, 2.24) is 0 Å². The van der Waals surface area contributed by atoms with Gasteiger partial charge in [0.15, 0.2) is 5.78 Å². The minimum absolute atomic E-state index is 0.162. The summed E-state index contributed by atoms with van der Waals surface area (Å²) in [6, 6.07) is 9.95. The lowest BCUT2D eigenvalue weighted by Gasteiger charge is -2.01. The standard InChI is InChI=1S/C16H12F2O2/c1-20-13-4-2-3-11(9-13)5-8-16(19)14-7-6-12(17)10-15(14)18/h2-10H,1H3. The zero-order valence-corrected chi connectivity index (χ0v) is 10.8. The number of allylic oxidation sites excluding steroid dienone is 1. The molecule has 0 unspecified atom stereocenters. The molecule has 0 heterocycles. The van der Waals surface area contributed by atoms with Gasteiger partial charge in [0, 0.05) is 6.07 Å². The van der Waals surface area contributed by atoms with Crippen molar-refractivity contribution >= 4 is 11.9 Å². The number of ketones is 1. The van der Waals surface area contributed by atoms with E-state index in [0.29, 0.717) is 11.8 Å². The first kappa shape index (κ1) is 13.9. The average molecular weight is 274 g/mol. The van der Waals surface area contributed by atoms with E-state index in [9.17, 15) is 13.6 Å². The number of hydrogen-bond acceptors (Lipinski definition) is 2. The fraction of sp³-hybridized carbons (Fsp3) is 0.0625. The third-order valence-electron chi connectivity index (χ3n) is 2.72. The van der Waals surface area contributed by atoms with E-state index in [1.54, 1.807) is 37.5 Å². The highest BCUT2D eigenvalue weighted by molar-refractivity contribution is 6.07. The molecule has 0 spiro atoms. The van der Waals surface area contributed by atoms with Gasteiger partial charge in [-0.3, -0.25) is 4.79 Å². The SMILES string of the molecule is COc1cccc(C=CC(=O)c2ccc(F)cc2F)c1. The molecular formula is C16H12F2O2.